The van der Waals surface area contributed by atoms with E-state index in [2.05, 4.69) is 27.2 Å². The molecule has 0 aliphatic carbocycles. The maximum Gasteiger partial charge on any atom is 0.270 e. The fraction of sp³-hybridized carbons (Fsp3) is 0.484. The molecule has 4 bridgehead atoms. The normalized spacial score (nSPS) is 27.1. The van der Waals surface area contributed by atoms with Crippen LogP contribution in [0.5, 0.6) is 0 Å². The molecule has 6 fully saturated rings. The molecule has 2 atom stereocenters. The Labute approximate surface area is 293 Å². The Morgan fingerprint density at radius 3 is 1.80 bits per heavy atom. The van der Waals surface area contributed by atoms with Crippen LogP contribution in [0.2, 0.25) is 0 Å². The standard InChI is InChI=1S/C16H19N3O.C15H16N2O2.2Y/c17-15(13-4-2-1-3-5-13)16(20)18-10-14-11-19-8-6-12(14)7-9-19;16-14(12-4-2-1-3-5-12)15(18)19-13-10-17-8-6-11(13)7-9-17;;/h1-4,12,14H,6-11H2,(H,18,20);1-4,11,13H,6-10H2;;/q2*-2;;. The molecule has 0 aromatic heterocycles. The molecule has 2 aromatic rings. The van der Waals surface area contributed by atoms with Crippen LogP contribution in [0.15, 0.2) is 48.5 Å². The van der Waals surface area contributed by atoms with E-state index in [1.807, 2.05) is 6.07 Å². The first-order chi connectivity index (χ1) is 19.0. The van der Waals surface area contributed by atoms with Gasteiger partial charge in [0.2, 0.25) is 0 Å². The zero-order valence-electron chi connectivity index (χ0n) is 23.4. The number of nitrogens with zero attached hydrogens (tertiary/aromatic N) is 4. The van der Waals surface area contributed by atoms with E-state index in [1.54, 1.807) is 42.5 Å². The third-order valence-corrected chi connectivity index (χ3v) is 8.51. The summed E-state index contributed by atoms with van der Waals surface area (Å²) in [5.41, 5.74) is 0.233. The van der Waals surface area contributed by atoms with Gasteiger partial charge in [-0.15, -0.1) is 60.7 Å². The fourth-order valence-electron chi connectivity index (χ4n) is 6.18. The molecule has 6 heterocycles. The van der Waals surface area contributed by atoms with Crippen LogP contribution in [0.4, 0.5) is 0 Å². The Balaban J connectivity index is 0.000000215. The van der Waals surface area contributed by atoms with E-state index in [9.17, 15) is 20.4 Å². The molecule has 2 unspecified atom stereocenters. The maximum atomic E-state index is 12.0. The monoisotopic (exact) mass is 703 g/mol. The Hall–Kier alpha value is -1.15. The minimum absolute atomic E-state index is 0. The number of esters is 1. The molecule has 212 valence electrons. The first kappa shape index (κ1) is 34.3. The predicted molar refractivity (Wildman–Crippen MR) is 150 cm³/mol. The van der Waals surface area contributed by atoms with E-state index >= 15 is 0 Å². The summed E-state index contributed by atoms with van der Waals surface area (Å²) in [5, 5.41) is 22.7. The van der Waals surface area contributed by atoms with E-state index < -0.39 is 11.9 Å². The summed E-state index contributed by atoms with van der Waals surface area (Å²) in [5.74, 6) is 0.659. The van der Waals surface area contributed by atoms with Crippen LogP contribution in [-0.4, -0.2) is 85.0 Å². The molecule has 1 amide bonds. The average Bonchev–Trinajstić information content (AvgIpc) is 3.01. The van der Waals surface area contributed by atoms with E-state index in [1.165, 1.54) is 25.9 Å². The van der Waals surface area contributed by atoms with Gasteiger partial charge in [-0.3, -0.25) is 14.5 Å². The van der Waals surface area contributed by atoms with Crippen LogP contribution in [0.3, 0.4) is 0 Å². The molecule has 6 saturated heterocycles. The van der Waals surface area contributed by atoms with Crippen molar-refractivity contribution in [1.29, 1.82) is 0 Å². The van der Waals surface area contributed by atoms with Crippen LogP contribution in [0.25, 0.3) is 10.8 Å². The molecule has 6 aliphatic heterocycles. The average molecular weight is 703 g/mol. The zero-order chi connectivity index (χ0) is 27.2. The first-order valence-corrected chi connectivity index (χ1v) is 14.0. The quantitative estimate of drug-likeness (QED) is 0.272. The number of carbonyl (C=O) groups is 2. The number of piperidine rings is 6. The second-order valence-corrected chi connectivity index (χ2v) is 10.9. The number of hydrogen-bond acceptors (Lipinski definition) is 5. The summed E-state index contributed by atoms with van der Waals surface area (Å²) >= 11 is 0. The van der Waals surface area contributed by atoms with E-state index in [0.29, 0.717) is 29.5 Å². The van der Waals surface area contributed by atoms with Crippen LogP contribution in [-0.2, 0) is 79.7 Å². The zero-order valence-corrected chi connectivity index (χ0v) is 29.1. The summed E-state index contributed by atoms with van der Waals surface area (Å²) in [6.45, 7) is 7.11. The summed E-state index contributed by atoms with van der Waals surface area (Å²) in [4.78, 5) is 28.7. The molecule has 6 aliphatic rings. The van der Waals surface area contributed by atoms with Crippen LogP contribution >= 0.6 is 0 Å². The van der Waals surface area contributed by atoms with E-state index in [-0.39, 0.29) is 82.9 Å². The molecular weight excluding hydrogens is 668 g/mol. The molecule has 0 spiro atoms. The predicted octanol–water partition coefficient (Wildman–Crippen LogP) is 2.78. The van der Waals surface area contributed by atoms with Crippen molar-refractivity contribution in [3.63, 3.8) is 0 Å². The molecule has 1 N–H and O–H groups in total. The third-order valence-electron chi connectivity index (χ3n) is 8.51. The molecule has 0 saturated carbocycles. The number of rotatable bonds is 7. The van der Waals surface area contributed by atoms with Gasteiger partial charge in [0.05, 0.1) is 0 Å². The van der Waals surface area contributed by atoms with Crippen molar-refractivity contribution in [3.05, 3.63) is 82.6 Å². The van der Waals surface area contributed by atoms with Gasteiger partial charge >= 0.3 is 0 Å². The minimum Gasteiger partial charge on any atom is -0.851 e. The van der Waals surface area contributed by atoms with Crippen molar-refractivity contribution >= 4 is 23.3 Å². The molecule has 8 rings (SSSR count). The Bertz CT molecular complexity index is 1170. The number of amides is 1. The smallest absolute Gasteiger partial charge is 0.270 e. The number of ether oxygens (including phenoxy) is 1. The van der Waals surface area contributed by atoms with Crippen LogP contribution in [0, 0.1) is 29.9 Å². The number of hydrogen-bond donors (Lipinski definition) is 1. The third kappa shape index (κ3) is 9.17. The second-order valence-electron chi connectivity index (χ2n) is 10.9. The van der Waals surface area contributed by atoms with Crippen molar-refractivity contribution < 1.29 is 79.7 Å². The number of fused-ring (bicyclic) bond motifs is 6. The van der Waals surface area contributed by atoms with E-state index in [0.717, 1.165) is 44.9 Å². The van der Waals surface area contributed by atoms with Gasteiger partial charge in [0.15, 0.2) is 5.91 Å². The van der Waals surface area contributed by atoms with Crippen molar-refractivity contribution in [2.45, 2.75) is 31.8 Å². The molecule has 10 heteroatoms. The van der Waals surface area contributed by atoms with Crippen LogP contribution < -0.4 is 5.32 Å². The molecule has 2 radical (unpaired) electrons. The fourth-order valence-corrected chi connectivity index (χ4v) is 6.18. The second kappa shape index (κ2) is 16.6. The van der Waals surface area contributed by atoms with Gasteiger partial charge in [-0.25, -0.2) is 0 Å². The van der Waals surface area contributed by atoms with Gasteiger partial charge in [-0.05, 0) is 69.6 Å². The molecule has 41 heavy (non-hydrogen) atoms. The van der Waals surface area contributed by atoms with Crippen molar-refractivity contribution in [1.82, 2.24) is 15.1 Å². The molecular formula is C31H35N5O3Y2-4. The Morgan fingerprint density at radius 1 is 0.805 bits per heavy atom. The Morgan fingerprint density at radius 2 is 1.34 bits per heavy atom. The topological polar surface area (TPSA) is 106 Å². The summed E-state index contributed by atoms with van der Waals surface area (Å²) in [6, 6.07) is 19.5. The van der Waals surface area contributed by atoms with Gasteiger partial charge < -0.3 is 25.8 Å². The van der Waals surface area contributed by atoms with Crippen LogP contribution in [0.1, 0.15) is 36.8 Å². The minimum atomic E-state index is -0.638. The SMILES string of the molecule is [N-]=C(C(=O)NCC1CN2CCC1CC2)c1[c-]cccc1.[N-]=C(C(=O)OC1CN2CCC1CC2)c1[c-]cccc1.[Y].[Y]. The summed E-state index contributed by atoms with van der Waals surface area (Å²) in [6.07, 6.45) is 4.55. The van der Waals surface area contributed by atoms with Crippen molar-refractivity contribution in [3.8, 4) is 0 Å². The van der Waals surface area contributed by atoms with Crippen molar-refractivity contribution in [2.24, 2.45) is 17.8 Å². The van der Waals surface area contributed by atoms with Gasteiger partial charge in [-0.2, -0.15) is 22.6 Å². The van der Waals surface area contributed by atoms with E-state index in [4.69, 9.17) is 4.74 Å². The Kier molecular flexibility index (Phi) is 13.9. The van der Waals surface area contributed by atoms with Gasteiger partial charge in [0.25, 0.3) is 5.97 Å². The van der Waals surface area contributed by atoms with Crippen molar-refractivity contribution in [2.75, 3.05) is 45.8 Å². The summed E-state index contributed by atoms with van der Waals surface area (Å²) in [7, 11) is 0. The number of nitrogens with one attached hydrogen (secondary N) is 1. The summed E-state index contributed by atoms with van der Waals surface area (Å²) < 4.78 is 5.45. The largest absolute Gasteiger partial charge is 0.851 e. The van der Waals surface area contributed by atoms with Gasteiger partial charge in [-0.1, -0.05) is 0 Å². The van der Waals surface area contributed by atoms with Gasteiger partial charge in [0, 0.05) is 85.1 Å². The van der Waals surface area contributed by atoms with Gasteiger partial charge in [0.1, 0.15) is 6.10 Å². The molecule has 8 nitrogen and oxygen atoms in total. The first-order valence-electron chi connectivity index (χ1n) is 14.0. The number of benzene rings is 2. The molecule has 2 aromatic carbocycles. The maximum absolute atomic E-state index is 12.0. The number of carbonyl (C=O) groups excluding carboxylic acids is 2.